The number of aryl methyl sites for hydroxylation is 1. The summed E-state index contributed by atoms with van der Waals surface area (Å²) in [5, 5.41) is 0. The third-order valence-electron chi connectivity index (χ3n) is 3.22. The van der Waals surface area contributed by atoms with Crippen LogP contribution in [-0.2, 0) is 9.47 Å². The summed E-state index contributed by atoms with van der Waals surface area (Å²) in [5.41, 5.74) is 0.767. The van der Waals surface area contributed by atoms with E-state index in [4.69, 9.17) is 9.47 Å². The first kappa shape index (κ1) is 16.4. The molecule has 1 fully saturated rings. The van der Waals surface area contributed by atoms with Gasteiger partial charge in [-0.3, -0.25) is 14.7 Å². The van der Waals surface area contributed by atoms with Gasteiger partial charge < -0.3 is 9.47 Å². The number of carbonyl (C=O) groups excluding carboxylic acids is 2. The van der Waals surface area contributed by atoms with Gasteiger partial charge in [-0.15, -0.1) is 0 Å². The third-order valence-corrected chi connectivity index (χ3v) is 3.22. The number of aromatic nitrogens is 1. The molecule has 1 aromatic rings. The van der Waals surface area contributed by atoms with Crippen molar-refractivity contribution in [3.05, 3.63) is 29.6 Å². The van der Waals surface area contributed by atoms with E-state index in [0.717, 1.165) is 5.56 Å². The second kappa shape index (κ2) is 6.44. The molecule has 2 heterocycles. The number of pyridine rings is 1. The lowest BCUT2D eigenvalue weighted by Gasteiger charge is -2.35. The van der Waals surface area contributed by atoms with Crippen molar-refractivity contribution in [3.8, 4) is 0 Å². The predicted molar refractivity (Wildman–Crippen MR) is 80.9 cm³/mol. The lowest BCUT2D eigenvalue weighted by molar-refractivity contribution is -0.0265. The van der Waals surface area contributed by atoms with Gasteiger partial charge in [0.25, 0.3) is 0 Å². The van der Waals surface area contributed by atoms with Crippen LogP contribution >= 0.6 is 0 Å². The van der Waals surface area contributed by atoms with Crippen LogP contribution in [0.15, 0.2) is 18.5 Å². The fourth-order valence-electron chi connectivity index (χ4n) is 2.24. The molecule has 22 heavy (non-hydrogen) atoms. The molecule has 1 saturated heterocycles. The van der Waals surface area contributed by atoms with E-state index in [1.165, 1.54) is 11.1 Å². The SMILES string of the molecule is Cc1cncc(C(=O)C2COCCN2C(=O)OC(C)(C)C)c1. The maximum atomic E-state index is 12.7. The number of hydrogen-bond donors (Lipinski definition) is 0. The fraction of sp³-hybridized carbons (Fsp3) is 0.562. The molecule has 0 spiro atoms. The average molecular weight is 306 g/mol. The predicted octanol–water partition coefficient (Wildman–Crippen LogP) is 2.21. The van der Waals surface area contributed by atoms with Crippen molar-refractivity contribution < 1.29 is 19.1 Å². The van der Waals surface area contributed by atoms with Crippen molar-refractivity contribution in [1.29, 1.82) is 0 Å². The Morgan fingerprint density at radius 3 is 2.73 bits per heavy atom. The van der Waals surface area contributed by atoms with E-state index in [2.05, 4.69) is 4.98 Å². The Kier molecular flexibility index (Phi) is 4.81. The zero-order valence-corrected chi connectivity index (χ0v) is 13.5. The van der Waals surface area contributed by atoms with Crippen LogP contribution in [0.2, 0.25) is 0 Å². The monoisotopic (exact) mass is 306 g/mol. The van der Waals surface area contributed by atoms with Crippen molar-refractivity contribution in [3.63, 3.8) is 0 Å². The first-order chi connectivity index (χ1) is 10.3. The van der Waals surface area contributed by atoms with Gasteiger partial charge in [-0.25, -0.2) is 4.79 Å². The Bertz CT molecular complexity index is 566. The molecule has 0 saturated carbocycles. The zero-order chi connectivity index (χ0) is 16.3. The number of rotatable bonds is 2. The number of carbonyl (C=O) groups is 2. The summed E-state index contributed by atoms with van der Waals surface area (Å²) < 4.78 is 10.8. The zero-order valence-electron chi connectivity index (χ0n) is 13.5. The Balaban J connectivity index is 2.19. The highest BCUT2D eigenvalue weighted by molar-refractivity contribution is 6.01. The molecule has 0 aliphatic carbocycles. The highest BCUT2D eigenvalue weighted by atomic mass is 16.6. The van der Waals surface area contributed by atoms with Gasteiger partial charge in [0.1, 0.15) is 11.6 Å². The van der Waals surface area contributed by atoms with Crippen LogP contribution in [0.1, 0.15) is 36.7 Å². The van der Waals surface area contributed by atoms with Gasteiger partial charge in [0.15, 0.2) is 5.78 Å². The van der Waals surface area contributed by atoms with Crippen LogP contribution in [0.5, 0.6) is 0 Å². The molecule has 2 rings (SSSR count). The van der Waals surface area contributed by atoms with Crippen molar-refractivity contribution in [1.82, 2.24) is 9.88 Å². The number of amides is 1. The standard InChI is InChI=1S/C16H22N2O4/c1-11-7-12(9-17-8-11)14(19)13-10-21-6-5-18(13)15(20)22-16(2,3)4/h7-9,13H,5-6,10H2,1-4H3. The fourth-order valence-corrected chi connectivity index (χ4v) is 2.24. The van der Waals surface area contributed by atoms with Crippen molar-refractivity contribution in [2.45, 2.75) is 39.3 Å². The van der Waals surface area contributed by atoms with E-state index in [1.807, 2.05) is 6.92 Å². The smallest absolute Gasteiger partial charge is 0.411 e. The molecular weight excluding hydrogens is 284 g/mol. The first-order valence-electron chi connectivity index (χ1n) is 7.31. The lowest BCUT2D eigenvalue weighted by atomic mass is 10.0. The Labute approximate surface area is 130 Å². The summed E-state index contributed by atoms with van der Waals surface area (Å²) in [5.74, 6) is -0.179. The van der Waals surface area contributed by atoms with Crippen LogP contribution in [0.3, 0.4) is 0 Å². The first-order valence-corrected chi connectivity index (χ1v) is 7.31. The van der Waals surface area contributed by atoms with Crippen molar-refractivity contribution >= 4 is 11.9 Å². The van der Waals surface area contributed by atoms with Crippen LogP contribution in [0.4, 0.5) is 4.79 Å². The molecule has 1 unspecified atom stereocenters. The average Bonchev–Trinajstić information content (AvgIpc) is 2.44. The topological polar surface area (TPSA) is 68.7 Å². The minimum atomic E-state index is -0.674. The third kappa shape index (κ3) is 4.04. The normalized spacial score (nSPS) is 18.9. The molecule has 1 aliphatic rings. The number of ketones is 1. The number of hydrogen-bond acceptors (Lipinski definition) is 5. The summed E-state index contributed by atoms with van der Waals surface area (Å²) in [6.07, 6.45) is 2.70. The molecule has 1 amide bonds. The van der Waals surface area contributed by atoms with Crippen LogP contribution in [0.25, 0.3) is 0 Å². The van der Waals surface area contributed by atoms with Gasteiger partial charge in [0.2, 0.25) is 0 Å². The molecule has 1 aliphatic heterocycles. The number of Topliss-reactive ketones (excluding diaryl/α,β-unsaturated/α-hetero) is 1. The minimum Gasteiger partial charge on any atom is -0.444 e. The van der Waals surface area contributed by atoms with E-state index in [-0.39, 0.29) is 12.4 Å². The van der Waals surface area contributed by atoms with Gasteiger partial charge in [0.05, 0.1) is 13.2 Å². The van der Waals surface area contributed by atoms with Gasteiger partial charge in [-0.05, 0) is 39.3 Å². The quantitative estimate of drug-likeness (QED) is 0.784. The van der Waals surface area contributed by atoms with E-state index in [9.17, 15) is 9.59 Å². The van der Waals surface area contributed by atoms with E-state index < -0.39 is 17.7 Å². The molecule has 120 valence electrons. The van der Waals surface area contributed by atoms with Crippen LogP contribution < -0.4 is 0 Å². The van der Waals surface area contributed by atoms with E-state index in [0.29, 0.717) is 18.7 Å². The molecule has 6 heteroatoms. The summed E-state index contributed by atoms with van der Waals surface area (Å²) in [7, 11) is 0. The summed E-state index contributed by atoms with van der Waals surface area (Å²) in [6, 6.07) is 1.09. The molecule has 1 atom stereocenters. The summed E-state index contributed by atoms with van der Waals surface area (Å²) in [6.45, 7) is 8.17. The molecule has 6 nitrogen and oxygen atoms in total. The van der Waals surface area contributed by atoms with E-state index in [1.54, 1.807) is 33.0 Å². The Morgan fingerprint density at radius 1 is 1.36 bits per heavy atom. The lowest BCUT2D eigenvalue weighted by Crippen LogP contribution is -2.53. The van der Waals surface area contributed by atoms with Gasteiger partial charge in [-0.1, -0.05) is 0 Å². The molecule has 0 bridgehead atoms. The molecule has 1 aromatic heterocycles. The van der Waals surface area contributed by atoms with Crippen molar-refractivity contribution in [2.24, 2.45) is 0 Å². The Morgan fingerprint density at radius 2 is 2.09 bits per heavy atom. The molecule has 0 N–H and O–H groups in total. The van der Waals surface area contributed by atoms with Gasteiger partial charge >= 0.3 is 6.09 Å². The van der Waals surface area contributed by atoms with Crippen molar-refractivity contribution in [2.75, 3.05) is 19.8 Å². The molecule has 0 aromatic carbocycles. The Hall–Kier alpha value is -1.95. The number of morpholine rings is 1. The van der Waals surface area contributed by atoms with Gasteiger partial charge in [-0.2, -0.15) is 0 Å². The highest BCUT2D eigenvalue weighted by Gasteiger charge is 2.36. The number of ether oxygens (including phenoxy) is 2. The second-order valence-corrected chi connectivity index (χ2v) is 6.38. The summed E-state index contributed by atoms with van der Waals surface area (Å²) in [4.78, 5) is 30.4. The molecule has 0 radical (unpaired) electrons. The maximum Gasteiger partial charge on any atom is 0.411 e. The highest BCUT2D eigenvalue weighted by Crippen LogP contribution is 2.18. The second-order valence-electron chi connectivity index (χ2n) is 6.38. The van der Waals surface area contributed by atoms with E-state index >= 15 is 0 Å². The maximum absolute atomic E-state index is 12.7. The molecular formula is C16H22N2O4. The minimum absolute atomic E-state index is 0.173. The largest absolute Gasteiger partial charge is 0.444 e. The number of nitrogens with zero attached hydrogens (tertiary/aromatic N) is 2. The van der Waals surface area contributed by atoms with Crippen LogP contribution in [-0.4, -0.2) is 53.2 Å². The van der Waals surface area contributed by atoms with Gasteiger partial charge in [0, 0.05) is 24.5 Å². The van der Waals surface area contributed by atoms with Crippen LogP contribution in [0, 0.1) is 6.92 Å². The summed E-state index contributed by atoms with van der Waals surface area (Å²) >= 11 is 0.